The van der Waals surface area contributed by atoms with Crippen LogP contribution in [0.25, 0.3) is 0 Å². The highest BCUT2D eigenvalue weighted by Crippen LogP contribution is 2.38. The summed E-state index contributed by atoms with van der Waals surface area (Å²) in [5.41, 5.74) is 7.17. The van der Waals surface area contributed by atoms with Crippen molar-refractivity contribution in [3.63, 3.8) is 0 Å². The minimum Gasteiger partial charge on any atom is -0.271 e. The van der Waals surface area contributed by atoms with E-state index in [4.69, 9.17) is 5.84 Å². The molecule has 1 aliphatic rings. The molecule has 3 N–H and O–H groups in total. The molecule has 0 bridgehead atoms. The third-order valence-electron chi connectivity index (χ3n) is 5.00. The zero-order valence-electron chi connectivity index (χ0n) is 13.3. The third kappa shape index (κ3) is 3.62. The molecule has 1 aromatic rings. The molecular weight excluding hydrogens is 244 g/mol. The molecule has 2 heteroatoms. The molecule has 2 rings (SSSR count). The van der Waals surface area contributed by atoms with E-state index in [9.17, 15) is 0 Å². The average molecular weight is 274 g/mol. The zero-order chi connectivity index (χ0) is 14.5. The van der Waals surface area contributed by atoms with Gasteiger partial charge in [0.2, 0.25) is 0 Å². The lowest BCUT2D eigenvalue weighted by Gasteiger charge is -2.34. The van der Waals surface area contributed by atoms with Crippen molar-refractivity contribution in [2.45, 2.75) is 65.3 Å². The van der Waals surface area contributed by atoms with E-state index < -0.39 is 0 Å². The van der Waals surface area contributed by atoms with Gasteiger partial charge in [0.05, 0.1) is 0 Å². The molecule has 20 heavy (non-hydrogen) atoms. The highest BCUT2D eigenvalue weighted by atomic mass is 15.2. The predicted octanol–water partition coefficient (Wildman–Crippen LogP) is 4.41. The van der Waals surface area contributed by atoms with Crippen molar-refractivity contribution in [2.75, 3.05) is 0 Å². The van der Waals surface area contributed by atoms with Crippen LogP contribution in [0.15, 0.2) is 18.2 Å². The first-order chi connectivity index (χ1) is 9.65. The molecule has 0 spiro atoms. The van der Waals surface area contributed by atoms with E-state index in [-0.39, 0.29) is 0 Å². The Balaban J connectivity index is 2.05. The summed E-state index contributed by atoms with van der Waals surface area (Å²) in [5, 5.41) is 0. The molecular formula is C18H30N2. The molecule has 2 nitrogen and oxygen atoms in total. The fraction of sp³-hybridized carbons (Fsp3) is 0.667. The molecule has 0 aliphatic heterocycles. The molecule has 1 fully saturated rings. The summed E-state index contributed by atoms with van der Waals surface area (Å²) < 4.78 is 0. The van der Waals surface area contributed by atoms with Gasteiger partial charge in [-0.05, 0) is 49.7 Å². The summed E-state index contributed by atoms with van der Waals surface area (Å²) in [6.07, 6.45) is 8.10. The smallest absolute Gasteiger partial charge is 0.0490 e. The van der Waals surface area contributed by atoms with Crippen LogP contribution in [0, 0.1) is 25.7 Å². The molecule has 112 valence electrons. The number of hydrogen-bond acceptors (Lipinski definition) is 2. The number of hydrogen-bond donors (Lipinski definition) is 2. The van der Waals surface area contributed by atoms with E-state index in [2.05, 4.69) is 44.4 Å². The maximum atomic E-state index is 5.89. The van der Waals surface area contributed by atoms with E-state index in [1.54, 1.807) is 0 Å². The SMILES string of the molecule is CCCC1CCC(C(NN)c2ccc(C)cc2C)CC1. The average Bonchev–Trinajstić information content (AvgIpc) is 2.44. The minimum atomic E-state index is 0.318. The summed E-state index contributed by atoms with van der Waals surface area (Å²) in [7, 11) is 0. The lowest BCUT2D eigenvalue weighted by atomic mass is 9.75. The first-order valence-corrected chi connectivity index (χ1v) is 8.19. The van der Waals surface area contributed by atoms with Crippen molar-refractivity contribution in [1.82, 2.24) is 5.43 Å². The van der Waals surface area contributed by atoms with Gasteiger partial charge in [-0.25, -0.2) is 0 Å². The Bertz CT molecular complexity index is 419. The van der Waals surface area contributed by atoms with Gasteiger partial charge in [0.1, 0.15) is 0 Å². The number of benzene rings is 1. The topological polar surface area (TPSA) is 38.0 Å². The van der Waals surface area contributed by atoms with Gasteiger partial charge in [-0.1, -0.05) is 56.4 Å². The highest BCUT2D eigenvalue weighted by molar-refractivity contribution is 5.33. The molecule has 1 aromatic carbocycles. The van der Waals surface area contributed by atoms with Crippen LogP contribution in [0.3, 0.4) is 0 Å². The number of aryl methyl sites for hydroxylation is 2. The van der Waals surface area contributed by atoms with Gasteiger partial charge in [0.15, 0.2) is 0 Å². The molecule has 1 atom stereocenters. The van der Waals surface area contributed by atoms with E-state index in [1.807, 2.05) is 0 Å². The lowest BCUT2D eigenvalue weighted by Crippen LogP contribution is -2.35. The molecule has 1 aliphatic carbocycles. The Kier molecular flexibility index (Phi) is 5.62. The quantitative estimate of drug-likeness (QED) is 0.616. The fourth-order valence-corrected chi connectivity index (χ4v) is 3.87. The van der Waals surface area contributed by atoms with Gasteiger partial charge in [0, 0.05) is 6.04 Å². The van der Waals surface area contributed by atoms with Crippen LogP contribution < -0.4 is 11.3 Å². The fourth-order valence-electron chi connectivity index (χ4n) is 3.87. The van der Waals surface area contributed by atoms with Gasteiger partial charge in [-0.15, -0.1) is 0 Å². The van der Waals surface area contributed by atoms with E-state index >= 15 is 0 Å². The summed E-state index contributed by atoms with van der Waals surface area (Å²) in [5.74, 6) is 7.53. The third-order valence-corrected chi connectivity index (χ3v) is 5.00. The van der Waals surface area contributed by atoms with Gasteiger partial charge in [-0.2, -0.15) is 0 Å². The molecule has 0 radical (unpaired) electrons. The summed E-state index contributed by atoms with van der Waals surface area (Å²) in [4.78, 5) is 0. The first-order valence-electron chi connectivity index (χ1n) is 8.19. The highest BCUT2D eigenvalue weighted by Gasteiger charge is 2.28. The summed E-state index contributed by atoms with van der Waals surface area (Å²) >= 11 is 0. The van der Waals surface area contributed by atoms with Crippen molar-refractivity contribution >= 4 is 0 Å². The predicted molar refractivity (Wildman–Crippen MR) is 86.3 cm³/mol. The lowest BCUT2D eigenvalue weighted by molar-refractivity contribution is 0.215. The second-order valence-electron chi connectivity index (χ2n) is 6.57. The Hall–Kier alpha value is -0.860. The Morgan fingerprint density at radius 3 is 2.45 bits per heavy atom. The van der Waals surface area contributed by atoms with E-state index in [0.717, 1.165) is 5.92 Å². The van der Waals surface area contributed by atoms with Crippen molar-refractivity contribution in [2.24, 2.45) is 17.7 Å². The van der Waals surface area contributed by atoms with Gasteiger partial charge >= 0.3 is 0 Å². The van der Waals surface area contributed by atoms with Crippen LogP contribution in [-0.4, -0.2) is 0 Å². The van der Waals surface area contributed by atoms with Crippen LogP contribution in [0.5, 0.6) is 0 Å². The number of hydrazine groups is 1. The van der Waals surface area contributed by atoms with Gasteiger partial charge in [0.25, 0.3) is 0 Å². The minimum absolute atomic E-state index is 0.318. The number of nitrogens with one attached hydrogen (secondary N) is 1. The maximum Gasteiger partial charge on any atom is 0.0490 e. The summed E-state index contributed by atoms with van der Waals surface area (Å²) in [6.45, 7) is 6.65. The normalized spacial score (nSPS) is 24.6. The van der Waals surface area contributed by atoms with Crippen LogP contribution in [-0.2, 0) is 0 Å². The molecule has 0 heterocycles. The van der Waals surface area contributed by atoms with Crippen LogP contribution in [0.4, 0.5) is 0 Å². The van der Waals surface area contributed by atoms with E-state index in [0.29, 0.717) is 12.0 Å². The van der Waals surface area contributed by atoms with Crippen molar-refractivity contribution in [3.05, 3.63) is 34.9 Å². The standard InChI is InChI=1S/C18H30N2/c1-4-5-15-7-9-16(10-8-15)18(20-19)17-11-6-13(2)12-14(17)3/h6,11-12,15-16,18,20H,4-5,7-10,19H2,1-3H3. The Morgan fingerprint density at radius 1 is 1.20 bits per heavy atom. The first kappa shape index (κ1) is 15.5. The van der Waals surface area contributed by atoms with Gasteiger partial charge < -0.3 is 0 Å². The Labute approximate surface area is 124 Å². The zero-order valence-corrected chi connectivity index (χ0v) is 13.3. The second-order valence-corrected chi connectivity index (χ2v) is 6.57. The molecule has 1 unspecified atom stereocenters. The Morgan fingerprint density at radius 2 is 1.90 bits per heavy atom. The maximum absolute atomic E-state index is 5.89. The van der Waals surface area contributed by atoms with Crippen LogP contribution in [0.2, 0.25) is 0 Å². The molecule has 0 saturated heterocycles. The van der Waals surface area contributed by atoms with Gasteiger partial charge in [-0.3, -0.25) is 11.3 Å². The largest absolute Gasteiger partial charge is 0.271 e. The summed E-state index contributed by atoms with van der Waals surface area (Å²) in [6, 6.07) is 7.05. The van der Waals surface area contributed by atoms with Crippen LogP contribution >= 0.6 is 0 Å². The molecule has 0 amide bonds. The number of rotatable bonds is 5. The van der Waals surface area contributed by atoms with Crippen LogP contribution in [0.1, 0.15) is 68.2 Å². The molecule has 0 aromatic heterocycles. The van der Waals surface area contributed by atoms with Crippen molar-refractivity contribution in [3.8, 4) is 0 Å². The number of nitrogens with two attached hydrogens (primary N) is 1. The monoisotopic (exact) mass is 274 g/mol. The molecule has 1 saturated carbocycles. The van der Waals surface area contributed by atoms with Crippen molar-refractivity contribution < 1.29 is 0 Å². The van der Waals surface area contributed by atoms with Crippen molar-refractivity contribution in [1.29, 1.82) is 0 Å². The second kappa shape index (κ2) is 7.24. The van der Waals surface area contributed by atoms with E-state index in [1.165, 1.54) is 55.2 Å².